The summed E-state index contributed by atoms with van der Waals surface area (Å²) in [6.45, 7) is 1.52. The third-order valence-electron chi connectivity index (χ3n) is 3.41. The largest absolute Gasteiger partial charge is 0.494 e. The minimum Gasteiger partial charge on any atom is -0.494 e. The number of rotatable bonds is 6. The molecule has 100 valence electrons. The second kappa shape index (κ2) is 6.76. The average Bonchev–Trinajstić information content (AvgIpc) is 2.39. The SMILES string of the molecule is COCCCCOc1ccc2c(c1)CCCC2O. The van der Waals surface area contributed by atoms with E-state index >= 15 is 0 Å². The molecule has 18 heavy (non-hydrogen) atoms. The maximum Gasteiger partial charge on any atom is 0.119 e. The molecule has 0 heterocycles. The van der Waals surface area contributed by atoms with Crippen LogP contribution < -0.4 is 4.74 Å². The first-order chi connectivity index (χ1) is 8.81. The van der Waals surface area contributed by atoms with Crippen molar-refractivity contribution in [2.75, 3.05) is 20.3 Å². The normalized spacial score (nSPS) is 18.4. The summed E-state index contributed by atoms with van der Waals surface area (Å²) < 4.78 is 10.7. The molecular formula is C15H22O3. The maximum atomic E-state index is 9.87. The Morgan fingerprint density at radius 1 is 1.28 bits per heavy atom. The van der Waals surface area contributed by atoms with E-state index in [0.29, 0.717) is 0 Å². The number of hydrogen-bond acceptors (Lipinski definition) is 3. The molecule has 0 amide bonds. The highest BCUT2D eigenvalue weighted by Gasteiger charge is 2.17. The van der Waals surface area contributed by atoms with E-state index in [1.807, 2.05) is 12.1 Å². The summed E-state index contributed by atoms with van der Waals surface area (Å²) in [5.74, 6) is 0.917. The number of methoxy groups -OCH3 is 1. The van der Waals surface area contributed by atoms with Crippen molar-refractivity contribution in [1.82, 2.24) is 0 Å². The van der Waals surface area contributed by atoms with Crippen LogP contribution in [0.2, 0.25) is 0 Å². The van der Waals surface area contributed by atoms with E-state index in [-0.39, 0.29) is 6.10 Å². The fourth-order valence-electron chi connectivity index (χ4n) is 2.39. The fraction of sp³-hybridized carbons (Fsp3) is 0.600. The van der Waals surface area contributed by atoms with Gasteiger partial charge in [-0.1, -0.05) is 6.07 Å². The molecule has 0 spiro atoms. The molecular weight excluding hydrogens is 228 g/mol. The van der Waals surface area contributed by atoms with Crippen molar-refractivity contribution in [1.29, 1.82) is 0 Å². The first kappa shape index (κ1) is 13.4. The zero-order chi connectivity index (χ0) is 12.8. The van der Waals surface area contributed by atoms with Crippen LogP contribution in [0.5, 0.6) is 5.75 Å². The smallest absolute Gasteiger partial charge is 0.119 e. The van der Waals surface area contributed by atoms with Crippen molar-refractivity contribution >= 4 is 0 Å². The minimum absolute atomic E-state index is 0.287. The molecule has 1 aromatic carbocycles. The molecule has 3 heteroatoms. The van der Waals surface area contributed by atoms with Gasteiger partial charge in [-0.3, -0.25) is 0 Å². The number of unbranched alkanes of at least 4 members (excludes halogenated alkanes) is 1. The summed E-state index contributed by atoms with van der Waals surface area (Å²) in [5.41, 5.74) is 2.32. The van der Waals surface area contributed by atoms with Crippen molar-refractivity contribution in [3.8, 4) is 5.75 Å². The second-order valence-corrected chi connectivity index (χ2v) is 4.82. The fourth-order valence-corrected chi connectivity index (χ4v) is 2.39. The van der Waals surface area contributed by atoms with Gasteiger partial charge in [0.25, 0.3) is 0 Å². The number of aryl methyl sites for hydroxylation is 1. The molecule has 0 fully saturated rings. The van der Waals surface area contributed by atoms with Gasteiger partial charge >= 0.3 is 0 Å². The van der Waals surface area contributed by atoms with Gasteiger partial charge in [-0.05, 0) is 55.4 Å². The van der Waals surface area contributed by atoms with Gasteiger partial charge < -0.3 is 14.6 Å². The Kier molecular flexibility index (Phi) is 5.02. The lowest BCUT2D eigenvalue weighted by atomic mass is 9.89. The van der Waals surface area contributed by atoms with Crippen LogP contribution in [0, 0.1) is 0 Å². The van der Waals surface area contributed by atoms with Crippen LogP contribution >= 0.6 is 0 Å². The van der Waals surface area contributed by atoms with Gasteiger partial charge in [0.1, 0.15) is 5.75 Å². The number of aliphatic hydroxyl groups excluding tert-OH is 1. The van der Waals surface area contributed by atoms with Crippen LogP contribution in [0.25, 0.3) is 0 Å². The van der Waals surface area contributed by atoms with E-state index in [1.54, 1.807) is 7.11 Å². The van der Waals surface area contributed by atoms with Gasteiger partial charge in [-0.15, -0.1) is 0 Å². The van der Waals surface area contributed by atoms with Gasteiger partial charge in [-0.2, -0.15) is 0 Å². The highest BCUT2D eigenvalue weighted by Crippen LogP contribution is 2.31. The van der Waals surface area contributed by atoms with E-state index in [4.69, 9.17) is 9.47 Å². The summed E-state index contributed by atoms with van der Waals surface area (Å²) >= 11 is 0. The van der Waals surface area contributed by atoms with Crippen LogP contribution in [0.15, 0.2) is 18.2 Å². The van der Waals surface area contributed by atoms with E-state index in [0.717, 1.165) is 56.6 Å². The molecule has 1 atom stereocenters. The van der Waals surface area contributed by atoms with Crippen LogP contribution in [-0.2, 0) is 11.2 Å². The Hall–Kier alpha value is -1.06. The van der Waals surface area contributed by atoms with Crippen molar-refractivity contribution < 1.29 is 14.6 Å². The lowest BCUT2D eigenvalue weighted by Gasteiger charge is -2.21. The highest BCUT2D eigenvalue weighted by molar-refractivity contribution is 5.38. The van der Waals surface area contributed by atoms with Crippen LogP contribution in [0.3, 0.4) is 0 Å². The predicted molar refractivity (Wildman–Crippen MR) is 70.9 cm³/mol. The Balaban J connectivity index is 1.87. The van der Waals surface area contributed by atoms with Crippen molar-refractivity contribution in [3.63, 3.8) is 0 Å². The van der Waals surface area contributed by atoms with Gasteiger partial charge in [-0.25, -0.2) is 0 Å². The van der Waals surface area contributed by atoms with Gasteiger partial charge in [0, 0.05) is 13.7 Å². The molecule has 1 N–H and O–H groups in total. The van der Waals surface area contributed by atoms with Crippen LogP contribution in [-0.4, -0.2) is 25.4 Å². The molecule has 0 aliphatic heterocycles. The zero-order valence-corrected chi connectivity index (χ0v) is 11.0. The first-order valence-corrected chi connectivity index (χ1v) is 6.74. The van der Waals surface area contributed by atoms with Gasteiger partial charge in [0.15, 0.2) is 0 Å². The van der Waals surface area contributed by atoms with Crippen LogP contribution in [0.4, 0.5) is 0 Å². The highest BCUT2D eigenvalue weighted by atomic mass is 16.5. The Morgan fingerprint density at radius 3 is 2.94 bits per heavy atom. The molecule has 1 aliphatic rings. The lowest BCUT2D eigenvalue weighted by molar-refractivity contribution is 0.156. The topological polar surface area (TPSA) is 38.7 Å². The summed E-state index contributed by atoms with van der Waals surface area (Å²) in [7, 11) is 1.72. The Labute approximate surface area is 109 Å². The van der Waals surface area contributed by atoms with Crippen LogP contribution in [0.1, 0.15) is 42.9 Å². The molecule has 1 aliphatic carbocycles. The molecule has 1 unspecified atom stereocenters. The van der Waals surface area contributed by atoms with Gasteiger partial charge in [0.2, 0.25) is 0 Å². The van der Waals surface area contributed by atoms with Crippen molar-refractivity contribution in [2.24, 2.45) is 0 Å². The van der Waals surface area contributed by atoms with E-state index < -0.39 is 0 Å². The number of ether oxygens (including phenoxy) is 2. The molecule has 0 bridgehead atoms. The third-order valence-corrected chi connectivity index (χ3v) is 3.41. The van der Waals surface area contributed by atoms with Crippen molar-refractivity contribution in [3.05, 3.63) is 29.3 Å². The predicted octanol–water partition coefficient (Wildman–Crippen LogP) is 2.86. The van der Waals surface area contributed by atoms with E-state index in [1.165, 1.54) is 5.56 Å². The lowest BCUT2D eigenvalue weighted by Crippen LogP contribution is -2.09. The maximum absolute atomic E-state index is 9.87. The second-order valence-electron chi connectivity index (χ2n) is 4.82. The molecule has 0 saturated carbocycles. The molecule has 0 saturated heterocycles. The van der Waals surface area contributed by atoms with E-state index in [2.05, 4.69) is 6.07 Å². The quantitative estimate of drug-likeness (QED) is 0.789. The summed E-state index contributed by atoms with van der Waals surface area (Å²) in [4.78, 5) is 0. The number of aliphatic hydroxyl groups is 1. The van der Waals surface area contributed by atoms with Gasteiger partial charge in [0.05, 0.1) is 12.7 Å². The summed E-state index contributed by atoms with van der Waals surface area (Å²) in [5, 5.41) is 9.87. The molecule has 1 aromatic rings. The zero-order valence-electron chi connectivity index (χ0n) is 11.0. The Morgan fingerprint density at radius 2 is 2.11 bits per heavy atom. The molecule has 0 radical (unpaired) electrons. The Bertz CT molecular complexity index is 376. The molecule has 3 nitrogen and oxygen atoms in total. The monoisotopic (exact) mass is 250 g/mol. The number of benzene rings is 1. The standard InChI is InChI=1S/C15H22O3/c1-17-9-2-3-10-18-13-7-8-14-12(11-13)5-4-6-15(14)16/h7-8,11,15-16H,2-6,9-10H2,1H3. The first-order valence-electron chi connectivity index (χ1n) is 6.74. The molecule has 2 rings (SSSR count). The summed E-state index contributed by atoms with van der Waals surface area (Å²) in [6, 6.07) is 6.04. The summed E-state index contributed by atoms with van der Waals surface area (Å²) in [6.07, 6.45) is 4.74. The third kappa shape index (κ3) is 3.47. The van der Waals surface area contributed by atoms with Crippen molar-refractivity contribution in [2.45, 2.75) is 38.2 Å². The molecule has 0 aromatic heterocycles. The van der Waals surface area contributed by atoms with E-state index in [9.17, 15) is 5.11 Å². The average molecular weight is 250 g/mol. The minimum atomic E-state index is -0.287. The number of fused-ring (bicyclic) bond motifs is 1. The number of hydrogen-bond donors (Lipinski definition) is 1.